The third-order valence-corrected chi connectivity index (χ3v) is 3.18. The number of furan rings is 1. The number of carbonyl (C=O) groups excluding carboxylic acids is 1. The summed E-state index contributed by atoms with van der Waals surface area (Å²) >= 11 is 0. The van der Waals surface area contributed by atoms with Gasteiger partial charge in [0.25, 0.3) is 5.91 Å². The number of nitrogens with zero attached hydrogens (tertiary/aromatic N) is 2. The van der Waals surface area contributed by atoms with Crippen LogP contribution in [0.15, 0.2) is 28.8 Å². The number of H-pyrrole nitrogens is 1. The Hall–Kier alpha value is -2.21. The minimum Gasteiger partial charge on any atom is -0.464 e. The van der Waals surface area contributed by atoms with Crippen molar-refractivity contribution in [3.05, 3.63) is 41.6 Å². The summed E-state index contributed by atoms with van der Waals surface area (Å²) in [5.74, 6) is 1.54. The molecule has 0 atom stereocenters. The number of carbonyl (C=O) groups is 1. The molecule has 0 bridgehead atoms. The van der Waals surface area contributed by atoms with Gasteiger partial charge in [0.2, 0.25) is 0 Å². The summed E-state index contributed by atoms with van der Waals surface area (Å²) in [6.45, 7) is 3.73. The molecule has 114 valence electrons. The highest BCUT2D eigenvalue weighted by molar-refractivity contribution is 5.93. The summed E-state index contributed by atoms with van der Waals surface area (Å²) < 4.78 is 5.57. The van der Waals surface area contributed by atoms with E-state index < -0.39 is 0 Å². The van der Waals surface area contributed by atoms with Gasteiger partial charge in [-0.2, -0.15) is 0 Å². The number of nitrogens with one attached hydrogen (secondary N) is 1. The highest BCUT2D eigenvalue weighted by Crippen LogP contribution is 2.13. The van der Waals surface area contributed by atoms with Gasteiger partial charge in [0.05, 0.1) is 6.54 Å². The van der Waals surface area contributed by atoms with E-state index in [4.69, 9.17) is 10.2 Å². The summed E-state index contributed by atoms with van der Waals surface area (Å²) in [5, 5.41) is 0. The van der Waals surface area contributed by atoms with Gasteiger partial charge in [0.15, 0.2) is 0 Å². The first kappa shape index (κ1) is 15.2. The van der Waals surface area contributed by atoms with Gasteiger partial charge in [-0.15, -0.1) is 0 Å². The van der Waals surface area contributed by atoms with Gasteiger partial charge in [0, 0.05) is 25.0 Å². The number of hydrogen-bond donors (Lipinski definition) is 2. The fraction of sp³-hybridized carbons (Fsp3) is 0.400. The molecule has 0 fully saturated rings. The highest BCUT2D eigenvalue weighted by Gasteiger charge is 2.19. The van der Waals surface area contributed by atoms with Crippen LogP contribution < -0.4 is 5.73 Å². The normalized spacial score (nSPS) is 11.0. The second kappa shape index (κ2) is 6.49. The first-order valence-electron chi connectivity index (χ1n) is 6.89. The standard InChI is InChI=1S/C15H22N4O2/c1-11-4-5-13(21-11)10-19(7-6-18(2)3)15(20)14-8-12(16)9-17-14/h4-5,8-9,17H,6-7,10,16H2,1-3H3. The maximum absolute atomic E-state index is 12.6. The topological polar surface area (TPSA) is 78.5 Å². The highest BCUT2D eigenvalue weighted by atomic mass is 16.3. The van der Waals surface area contributed by atoms with Crippen LogP contribution in [0, 0.1) is 6.92 Å². The smallest absolute Gasteiger partial charge is 0.270 e. The predicted molar refractivity (Wildman–Crippen MR) is 81.9 cm³/mol. The maximum Gasteiger partial charge on any atom is 0.270 e. The summed E-state index contributed by atoms with van der Waals surface area (Å²) in [6, 6.07) is 5.45. The third kappa shape index (κ3) is 4.13. The van der Waals surface area contributed by atoms with E-state index in [0.29, 0.717) is 24.5 Å². The van der Waals surface area contributed by atoms with Crippen LogP contribution in [0.3, 0.4) is 0 Å². The Balaban J connectivity index is 2.12. The number of nitrogen functional groups attached to an aromatic ring is 1. The number of anilines is 1. The molecule has 3 N–H and O–H groups in total. The minimum atomic E-state index is -0.0809. The van der Waals surface area contributed by atoms with E-state index in [1.807, 2.05) is 38.1 Å². The molecule has 0 saturated carbocycles. The van der Waals surface area contributed by atoms with Crippen LogP contribution >= 0.6 is 0 Å². The van der Waals surface area contributed by atoms with E-state index in [1.54, 1.807) is 17.2 Å². The van der Waals surface area contributed by atoms with E-state index in [1.165, 1.54) is 0 Å². The number of likely N-dealkylation sites (N-methyl/N-ethyl adjacent to an activating group) is 1. The second-order valence-corrected chi connectivity index (χ2v) is 5.39. The third-order valence-electron chi connectivity index (χ3n) is 3.18. The van der Waals surface area contributed by atoms with Crippen molar-refractivity contribution in [2.45, 2.75) is 13.5 Å². The van der Waals surface area contributed by atoms with E-state index in [9.17, 15) is 4.79 Å². The molecule has 2 aromatic rings. The summed E-state index contributed by atoms with van der Waals surface area (Å²) in [4.78, 5) is 19.3. The van der Waals surface area contributed by atoms with Crippen molar-refractivity contribution >= 4 is 11.6 Å². The van der Waals surface area contributed by atoms with Gasteiger partial charge in [-0.3, -0.25) is 4.79 Å². The molecule has 2 heterocycles. The van der Waals surface area contributed by atoms with E-state index in [0.717, 1.165) is 18.1 Å². The molecule has 6 heteroatoms. The van der Waals surface area contributed by atoms with Crippen LogP contribution in [0.4, 0.5) is 5.69 Å². The molecular formula is C15H22N4O2. The zero-order valence-corrected chi connectivity index (χ0v) is 12.7. The van der Waals surface area contributed by atoms with Gasteiger partial charge in [0.1, 0.15) is 17.2 Å². The van der Waals surface area contributed by atoms with Gasteiger partial charge in [-0.05, 0) is 39.2 Å². The first-order valence-corrected chi connectivity index (χ1v) is 6.89. The first-order chi connectivity index (χ1) is 9.95. The molecule has 0 aliphatic heterocycles. The average molecular weight is 290 g/mol. The lowest BCUT2D eigenvalue weighted by Gasteiger charge is -2.23. The Labute approximate surface area is 124 Å². The van der Waals surface area contributed by atoms with E-state index in [-0.39, 0.29) is 5.91 Å². The Kier molecular flexibility index (Phi) is 4.70. The molecule has 1 amide bonds. The number of aromatic amines is 1. The molecule has 2 rings (SSSR count). The predicted octanol–water partition coefficient (Wildman–Crippen LogP) is 1.70. The van der Waals surface area contributed by atoms with Gasteiger partial charge in [-0.25, -0.2) is 0 Å². The molecule has 0 unspecified atom stereocenters. The molecular weight excluding hydrogens is 268 g/mol. The van der Waals surface area contributed by atoms with Crippen molar-refractivity contribution in [1.29, 1.82) is 0 Å². The van der Waals surface area contributed by atoms with Gasteiger partial charge < -0.3 is 24.9 Å². The largest absolute Gasteiger partial charge is 0.464 e. The molecule has 0 radical (unpaired) electrons. The summed E-state index contributed by atoms with van der Waals surface area (Å²) in [6.07, 6.45) is 1.62. The quantitative estimate of drug-likeness (QED) is 0.849. The Morgan fingerprint density at radius 2 is 2.10 bits per heavy atom. The summed E-state index contributed by atoms with van der Waals surface area (Å²) in [5.41, 5.74) is 6.72. The Morgan fingerprint density at radius 1 is 1.33 bits per heavy atom. The molecule has 0 spiro atoms. The number of amides is 1. The number of nitrogens with two attached hydrogens (primary N) is 1. The van der Waals surface area contributed by atoms with Crippen molar-refractivity contribution < 1.29 is 9.21 Å². The van der Waals surface area contributed by atoms with Crippen LogP contribution in [-0.4, -0.2) is 47.9 Å². The Bertz CT molecular complexity index is 600. The molecule has 0 aliphatic rings. The lowest BCUT2D eigenvalue weighted by molar-refractivity contribution is 0.0714. The van der Waals surface area contributed by atoms with Crippen molar-refractivity contribution in [3.63, 3.8) is 0 Å². The van der Waals surface area contributed by atoms with Crippen LogP contribution in [0.2, 0.25) is 0 Å². The van der Waals surface area contributed by atoms with Crippen molar-refractivity contribution in [3.8, 4) is 0 Å². The van der Waals surface area contributed by atoms with E-state index in [2.05, 4.69) is 4.98 Å². The van der Waals surface area contributed by atoms with Gasteiger partial charge >= 0.3 is 0 Å². The molecule has 0 aromatic carbocycles. The van der Waals surface area contributed by atoms with Crippen molar-refractivity contribution in [2.75, 3.05) is 32.9 Å². The van der Waals surface area contributed by atoms with Crippen molar-refractivity contribution in [2.24, 2.45) is 0 Å². The van der Waals surface area contributed by atoms with Gasteiger partial charge in [-0.1, -0.05) is 0 Å². The maximum atomic E-state index is 12.6. The minimum absolute atomic E-state index is 0.0809. The second-order valence-electron chi connectivity index (χ2n) is 5.39. The number of aromatic nitrogens is 1. The number of rotatable bonds is 6. The summed E-state index contributed by atoms with van der Waals surface area (Å²) in [7, 11) is 3.96. The monoisotopic (exact) mass is 290 g/mol. The van der Waals surface area contributed by atoms with Crippen LogP contribution in [0.1, 0.15) is 22.0 Å². The number of hydrogen-bond acceptors (Lipinski definition) is 4. The van der Waals surface area contributed by atoms with Crippen LogP contribution in [-0.2, 0) is 6.54 Å². The van der Waals surface area contributed by atoms with E-state index >= 15 is 0 Å². The molecule has 2 aromatic heterocycles. The fourth-order valence-electron chi connectivity index (χ4n) is 2.04. The average Bonchev–Trinajstić information content (AvgIpc) is 3.02. The van der Waals surface area contributed by atoms with Crippen molar-refractivity contribution in [1.82, 2.24) is 14.8 Å². The molecule has 21 heavy (non-hydrogen) atoms. The molecule has 6 nitrogen and oxygen atoms in total. The fourth-order valence-corrected chi connectivity index (χ4v) is 2.04. The lowest BCUT2D eigenvalue weighted by Crippen LogP contribution is -2.36. The SMILES string of the molecule is Cc1ccc(CN(CCN(C)C)C(=O)c2cc(N)c[nH]2)o1. The molecule has 0 saturated heterocycles. The van der Waals surface area contributed by atoms with Crippen LogP contribution in [0.25, 0.3) is 0 Å². The lowest BCUT2D eigenvalue weighted by atomic mass is 10.3. The molecule has 0 aliphatic carbocycles. The van der Waals surface area contributed by atoms with Crippen LogP contribution in [0.5, 0.6) is 0 Å². The number of aryl methyl sites for hydroxylation is 1. The Morgan fingerprint density at radius 3 is 2.62 bits per heavy atom. The zero-order chi connectivity index (χ0) is 15.4. The zero-order valence-electron chi connectivity index (χ0n) is 12.7.